The minimum absolute atomic E-state index is 0.00503. The van der Waals surface area contributed by atoms with Crippen LogP contribution in [0, 0.1) is 11.7 Å². The van der Waals surface area contributed by atoms with E-state index < -0.39 is 17.6 Å². The highest BCUT2D eigenvalue weighted by Gasteiger charge is 2.33. The number of carbonyl (C=O) groups is 1. The third-order valence-corrected chi connectivity index (χ3v) is 3.24. The van der Waals surface area contributed by atoms with E-state index in [4.69, 9.17) is 0 Å². The quantitative estimate of drug-likeness (QED) is 0.626. The molecule has 1 aromatic rings. The molecule has 0 bridgehead atoms. The van der Waals surface area contributed by atoms with Crippen LogP contribution in [0.15, 0.2) is 18.2 Å². The molecule has 0 atom stereocenters. The molecule has 7 heteroatoms. The summed E-state index contributed by atoms with van der Waals surface area (Å²) in [7, 11) is 0. The maximum atomic E-state index is 12.9. The van der Waals surface area contributed by atoms with E-state index in [1.54, 1.807) is 0 Å². The van der Waals surface area contributed by atoms with Gasteiger partial charge < -0.3 is 10.6 Å². The Hall–Kier alpha value is -1.63. The molecule has 1 aliphatic rings. The van der Waals surface area contributed by atoms with Crippen LogP contribution < -0.4 is 10.6 Å². The number of rotatable bonds is 6. The summed E-state index contributed by atoms with van der Waals surface area (Å²) in [6.07, 6.45) is -2.77. The normalized spacial score (nSPS) is 15.0. The molecule has 116 valence electrons. The maximum Gasteiger partial charge on any atom is 0.416 e. The van der Waals surface area contributed by atoms with Gasteiger partial charge in [-0.2, -0.15) is 13.2 Å². The van der Waals surface area contributed by atoms with Crippen LogP contribution in [0.3, 0.4) is 0 Å². The first-order valence-corrected chi connectivity index (χ1v) is 6.72. The molecule has 21 heavy (non-hydrogen) atoms. The Bertz CT molecular complexity index is 512. The van der Waals surface area contributed by atoms with Gasteiger partial charge in [-0.3, -0.25) is 4.79 Å². The van der Waals surface area contributed by atoms with Gasteiger partial charge in [0.15, 0.2) is 0 Å². The van der Waals surface area contributed by atoms with Crippen LogP contribution in [0.2, 0.25) is 0 Å². The molecular weight excluding hydrogens is 288 g/mol. The number of nitrogens with one attached hydrogen (secondary N) is 2. The molecule has 1 aliphatic carbocycles. The van der Waals surface area contributed by atoms with Crippen molar-refractivity contribution in [3.63, 3.8) is 0 Å². The highest BCUT2D eigenvalue weighted by molar-refractivity contribution is 5.80. The Balaban J connectivity index is 1.81. The van der Waals surface area contributed by atoms with Crippen molar-refractivity contribution in [3.8, 4) is 0 Å². The van der Waals surface area contributed by atoms with Crippen LogP contribution in [0.5, 0.6) is 0 Å². The van der Waals surface area contributed by atoms with Gasteiger partial charge in [-0.05, 0) is 30.5 Å². The topological polar surface area (TPSA) is 41.1 Å². The third kappa shape index (κ3) is 4.70. The van der Waals surface area contributed by atoms with Gasteiger partial charge in [0, 0.05) is 25.6 Å². The van der Waals surface area contributed by atoms with Gasteiger partial charge in [-0.25, -0.2) is 4.39 Å². The van der Waals surface area contributed by atoms with E-state index in [2.05, 4.69) is 10.6 Å². The minimum atomic E-state index is -4.58. The molecule has 1 fully saturated rings. The van der Waals surface area contributed by atoms with Gasteiger partial charge in [0.05, 0.1) is 5.56 Å². The minimum Gasteiger partial charge on any atom is -0.355 e. The molecule has 2 N–H and O–H groups in total. The van der Waals surface area contributed by atoms with E-state index in [-0.39, 0.29) is 23.9 Å². The Morgan fingerprint density at radius 2 is 1.95 bits per heavy atom. The fourth-order valence-electron chi connectivity index (χ4n) is 1.95. The smallest absolute Gasteiger partial charge is 0.355 e. The summed E-state index contributed by atoms with van der Waals surface area (Å²) in [6.45, 7) is 0.680. The summed E-state index contributed by atoms with van der Waals surface area (Å²) in [5.41, 5.74) is -0.991. The summed E-state index contributed by atoms with van der Waals surface area (Å²) in [4.78, 5) is 11.3. The van der Waals surface area contributed by atoms with Crippen molar-refractivity contribution in [3.05, 3.63) is 35.1 Å². The van der Waals surface area contributed by atoms with E-state index in [0.29, 0.717) is 19.2 Å². The number of halogens is 4. The molecule has 0 spiro atoms. The highest BCUT2D eigenvalue weighted by Crippen LogP contribution is 2.32. The zero-order chi connectivity index (χ0) is 15.5. The number of hydrogen-bond acceptors (Lipinski definition) is 2. The third-order valence-electron chi connectivity index (χ3n) is 3.24. The first-order chi connectivity index (χ1) is 9.88. The molecule has 0 radical (unpaired) electrons. The molecule has 0 heterocycles. The first-order valence-electron chi connectivity index (χ1n) is 6.72. The van der Waals surface area contributed by atoms with Crippen molar-refractivity contribution in [1.29, 1.82) is 0 Å². The average Bonchev–Trinajstić information content (AvgIpc) is 3.22. The van der Waals surface area contributed by atoms with E-state index >= 15 is 0 Å². The van der Waals surface area contributed by atoms with Crippen molar-refractivity contribution in [1.82, 2.24) is 10.6 Å². The second-order valence-corrected chi connectivity index (χ2v) is 5.04. The monoisotopic (exact) mass is 304 g/mol. The SMILES string of the molecule is O=C(NCCNCc1ccc(F)cc1C(F)(F)F)C1CC1. The van der Waals surface area contributed by atoms with Gasteiger partial charge >= 0.3 is 6.18 Å². The lowest BCUT2D eigenvalue weighted by molar-refractivity contribution is -0.138. The lowest BCUT2D eigenvalue weighted by atomic mass is 10.1. The fraction of sp³-hybridized carbons (Fsp3) is 0.500. The van der Waals surface area contributed by atoms with Crippen LogP contribution in [-0.2, 0) is 17.5 Å². The van der Waals surface area contributed by atoms with Crippen LogP contribution in [0.1, 0.15) is 24.0 Å². The molecular formula is C14H16F4N2O. The number of carbonyl (C=O) groups excluding carboxylic acids is 1. The molecule has 1 saturated carbocycles. The summed E-state index contributed by atoms with van der Waals surface area (Å²) in [6, 6.07) is 2.61. The number of hydrogen-bond donors (Lipinski definition) is 2. The van der Waals surface area contributed by atoms with Crippen molar-refractivity contribution in [2.75, 3.05) is 13.1 Å². The predicted molar refractivity (Wildman–Crippen MR) is 68.8 cm³/mol. The average molecular weight is 304 g/mol. The van der Waals surface area contributed by atoms with Gasteiger partial charge in [0.2, 0.25) is 5.91 Å². The molecule has 0 aromatic heterocycles. The molecule has 3 nitrogen and oxygen atoms in total. The van der Waals surface area contributed by atoms with E-state index in [9.17, 15) is 22.4 Å². The van der Waals surface area contributed by atoms with Gasteiger partial charge in [-0.1, -0.05) is 6.07 Å². The number of benzene rings is 1. The summed E-state index contributed by atoms with van der Waals surface area (Å²) in [5.74, 6) is -0.809. The Morgan fingerprint density at radius 3 is 2.57 bits per heavy atom. The maximum absolute atomic E-state index is 12.9. The molecule has 0 unspecified atom stereocenters. The molecule has 0 aliphatic heterocycles. The largest absolute Gasteiger partial charge is 0.416 e. The van der Waals surface area contributed by atoms with Crippen molar-refractivity contribution in [2.24, 2.45) is 5.92 Å². The van der Waals surface area contributed by atoms with E-state index in [0.717, 1.165) is 25.0 Å². The van der Waals surface area contributed by atoms with E-state index in [1.165, 1.54) is 0 Å². The van der Waals surface area contributed by atoms with Crippen molar-refractivity contribution in [2.45, 2.75) is 25.6 Å². The lowest BCUT2D eigenvalue weighted by Crippen LogP contribution is -2.32. The summed E-state index contributed by atoms with van der Waals surface area (Å²) < 4.78 is 51.2. The van der Waals surface area contributed by atoms with Crippen LogP contribution in [0.4, 0.5) is 17.6 Å². The lowest BCUT2D eigenvalue weighted by Gasteiger charge is -2.13. The zero-order valence-electron chi connectivity index (χ0n) is 11.3. The van der Waals surface area contributed by atoms with Crippen LogP contribution >= 0.6 is 0 Å². The van der Waals surface area contributed by atoms with Crippen molar-refractivity contribution < 1.29 is 22.4 Å². The number of amides is 1. The van der Waals surface area contributed by atoms with Crippen LogP contribution in [-0.4, -0.2) is 19.0 Å². The van der Waals surface area contributed by atoms with Gasteiger partial charge in [0.25, 0.3) is 0 Å². The summed E-state index contributed by atoms with van der Waals surface area (Å²) in [5, 5.41) is 5.51. The summed E-state index contributed by atoms with van der Waals surface area (Å²) >= 11 is 0. The Kier molecular flexibility index (Phi) is 4.82. The van der Waals surface area contributed by atoms with Gasteiger partial charge in [-0.15, -0.1) is 0 Å². The highest BCUT2D eigenvalue weighted by atomic mass is 19.4. The second-order valence-electron chi connectivity index (χ2n) is 5.04. The zero-order valence-corrected chi connectivity index (χ0v) is 11.3. The second kappa shape index (κ2) is 6.43. The van der Waals surface area contributed by atoms with Crippen LogP contribution in [0.25, 0.3) is 0 Å². The van der Waals surface area contributed by atoms with Gasteiger partial charge in [0.1, 0.15) is 5.82 Å². The Labute approximate surface area is 119 Å². The first kappa shape index (κ1) is 15.8. The Morgan fingerprint density at radius 1 is 1.24 bits per heavy atom. The molecule has 1 amide bonds. The molecule has 0 saturated heterocycles. The van der Waals surface area contributed by atoms with Crippen molar-refractivity contribution >= 4 is 5.91 Å². The predicted octanol–water partition coefficient (Wildman–Crippen LogP) is 2.46. The molecule has 1 aromatic carbocycles. The standard InChI is InChI=1S/C14H16F4N2O/c15-11-4-3-10(12(7-11)14(16,17)18)8-19-5-6-20-13(21)9-1-2-9/h3-4,7,9,19H,1-2,5-6,8H2,(H,20,21). The fourth-order valence-corrected chi connectivity index (χ4v) is 1.95. The van der Waals surface area contributed by atoms with E-state index in [1.807, 2.05) is 0 Å². The number of alkyl halides is 3. The molecule has 2 rings (SSSR count).